The number of unbranched alkanes of at least 4 members (excludes halogenated alkanes) is 1. The van der Waals surface area contributed by atoms with Crippen LogP contribution in [0.5, 0.6) is 0 Å². The van der Waals surface area contributed by atoms with Gasteiger partial charge >= 0.3 is 0 Å². The second kappa shape index (κ2) is 10.5. The second-order valence-electron chi connectivity index (χ2n) is 6.69. The largest absolute Gasteiger partial charge is 0.354 e. The van der Waals surface area contributed by atoms with E-state index >= 15 is 0 Å². The van der Waals surface area contributed by atoms with Crippen LogP contribution in [-0.2, 0) is 4.79 Å². The summed E-state index contributed by atoms with van der Waals surface area (Å²) < 4.78 is 1.77. The SMILES string of the molecule is CCCCSc1ccc(-c2nn(-c3ccccc3)cc2C=C(C#N)C(=O)NC)cc1. The quantitative estimate of drug-likeness (QED) is 0.240. The lowest BCUT2D eigenvalue weighted by atomic mass is 10.1. The zero-order chi connectivity index (χ0) is 21.3. The smallest absolute Gasteiger partial charge is 0.261 e. The first-order valence-electron chi connectivity index (χ1n) is 9.88. The number of nitriles is 1. The molecule has 3 aromatic rings. The Kier molecular flexibility index (Phi) is 7.47. The maximum Gasteiger partial charge on any atom is 0.261 e. The molecule has 0 radical (unpaired) electrons. The average Bonchev–Trinajstić information content (AvgIpc) is 3.22. The number of hydrogen-bond acceptors (Lipinski definition) is 4. The van der Waals surface area contributed by atoms with Crippen LogP contribution in [0.1, 0.15) is 25.3 Å². The number of thioether (sulfide) groups is 1. The van der Waals surface area contributed by atoms with Crippen LogP contribution in [0.25, 0.3) is 23.0 Å². The number of carbonyl (C=O) groups excluding carboxylic acids is 1. The Morgan fingerprint density at radius 3 is 2.57 bits per heavy atom. The van der Waals surface area contributed by atoms with Gasteiger partial charge in [0.2, 0.25) is 0 Å². The number of hydrogen-bond donors (Lipinski definition) is 1. The Morgan fingerprint density at radius 1 is 1.20 bits per heavy atom. The number of nitrogens with zero attached hydrogens (tertiary/aromatic N) is 3. The number of nitrogens with one attached hydrogen (secondary N) is 1. The van der Waals surface area contributed by atoms with E-state index in [0.29, 0.717) is 5.56 Å². The standard InChI is InChI=1S/C24H24N4OS/c1-3-4-14-30-22-12-10-18(11-13-22)23-20(15-19(16-25)24(29)26-2)17-28(27-23)21-8-6-5-7-9-21/h5-13,15,17H,3-4,14H2,1-2H3,(H,26,29). The van der Waals surface area contributed by atoms with Gasteiger partial charge in [0.25, 0.3) is 5.91 Å². The molecule has 2 aromatic carbocycles. The van der Waals surface area contributed by atoms with E-state index in [1.165, 1.54) is 24.8 Å². The molecule has 1 amide bonds. The number of carbonyl (C=O) groups is 1. The van der Waals surface area contributed by atoms with E-state index in [1.54, 1.807) is 10.8 Å². The highest BCUT2D eigenvalue weighted by Gasteiger charge is 2.14. The lowest BCUT2D eigenvalue weighted by Crippen LogP contribution is -2.19. The molecule has 6 heteroatoms. The van der Waals surface area contributed by atoms with Crippen LogP contribution in [-0.4, -0.2) is 28.5 Å². The zero-order valence-corrected chi connectivity index (χ0v) is 17.9. The summed E-state index contributed by atoms with van der Waals surface area (Å²) in [5.74, 6) is 0.683. The van der Waals surface area contributed by atoms with Crippen molar-refractivity contribution in [3.8, 4) is 23.0 Å². The van der Waals surface area contributed by atoms with Crippen molar-refractivity contribution in [1.82, 2.24) is 15.1 Å². The van der Waals surface area contributed by atoms with Crippen LogP contribution in [0, 0.1) is 11.3 Å². The van der Waals surface area contributed by atoms with Crippen molar-refractivity contribution < 1.29 is 4.79 Å². The third-order valence-corrected chi connectivity index (χ3v) is 5.65. The Balaban J connectivity index is 2.01. The Morgan fingerprint density at radius 2 is 1.93 bits per heavy atom. The minimum atomic E-state index is -0.418. The molecule has 0 fully saturated rings. The van der Waals surface area contributed by atoms with Crippen LogP contribution in [0.4, 0.5) is 0 Å². The Hall–Kier alpha value is -3.30. The highest BCUT2D eigenvalue weighted by atomic mass is 32.2. The van der Waals surface area contributed by atoms with E-state index in [-0.39, 0.29) is 5.57 Å². The van der Waals surface area contributed by atoms with Gasteiger partial charge in [-0.15, -0.1) is 11.8 Å². The summed E-state index contributed by atoms with van der Waals surface area (Å²) in [6.07, 6.45) is 5.81. The molecular weight excluding hydrogens is 392 g/mol. The van der Waals surface area contributed by atoms with Crippen LogP contribution in [0.3, 0.4) is 0 Å². The third kappa shape index (κ3) is 5.19. The fourth-order valence-corrected chi connectivity index (χ4v) is 3.91. The summed E-state index contributed by atoms with van der Waals surface area (Å²) in [6.45, 7) is 2.19. The van der Waals surface area contributed by atoms with Gasteiger partial charge in [0.1, 0.15) is 11.6 Å². The summed E-state index contributed by atoms with van der Waals surface area (Å²) in [4.78, 5) is 13.2. The molecule has 1 aromatic heterocycles. The van der Waals surface area contributed by atoms with Gasteiger partial charge in [0, 0.05) is 29.3 Å². The van der Waals surface area contributed by atoms with Gasteiger partial charge in [-0.2, -0.15) is 10.4 Å². The van der Waals surface area contributed by atoms with Gasteiger partial charge < -0.3 is 5.32 Å². The predicted octanol–water partition coefficient (Wildman–Crippen LogP) is 5.08. The van der Waals surface area contributed by atoms with E-state index in [4.69, 9.17) is 5.10 Å². The van der Waals surface area contributed by atoms with Crippen LogP contribution in [0.15, 0.2) is 71.3 Å². The fraction of sp³-hybridized carbons (Fsp3) is 0.208. The lowest BCUT2D eigenvalue weighted by Gasteiger charge is -2.04. The van der Waals surface area contributed by atoms with Crippen LogP contribution >= 0.6 is 11.8 Å². The number of rotatable bonds is 8. The maximum absolute atomic E-state index is 12.0. The van der Waals surface area contributed by atoms with E-state index in [1.807, 2.05) is 66.5 Å². The third-order valence-electron chi connectivity index (χ3n) is 4.55. The van der Waals surface area contributed by atoms with Gasteiger partial charge in [-0.25, -0.2) is 4.68 Å². The van der Waals surface area contributed by atoms with Crippen LogP contribution in [0.2, 0.25) is 0 Å². The lowest BCUT2D eigenvalue weighted by molar-refractivity contribution is -0.116. The van der Waals surface area contributed by atoms with Gasteiger partial charge in [-0.05, 0) is 42.5 Å². The molecule has 0 bridgehead atoms. The normalized spacial score (nSPS) is 11.2. The van der Waals surface area contributed by atoms with Crippen molar-refractivity contribution in [2.75, 3.05) is 12.8 Å². The summed E-state index contributed by atoms with van der Waals surface area (Å²) in [5.41, 5.74) is 3.32. The highest BCUT2D eigenvalue weighted by Crippen LogP contribution is 2.28. The monoisotopic (exact) mass is 416 g/mol. The Labute approximate surface area is 181 Å². The van der Waals surface area contributed by atoms with Crippen molar-refractivity contribution in [1.29, 1.82) is 5.26 Å². The summed E-state index contributed by atoms with van der Waals surface area (Å²) in [5, 5.41) is 16.7. The molecular formula is C24H24N4OS. The molecule has 0 aliphatic heterocycles. The van der Waals surface area contributed by atoms with Gasteiger partial charge in [-0.1, -0.05) is 43.7 Å². The number of likely N-dealkylation sites (N-methyl/N-ethyl adjacent to an activating group) is 1. The molecule has 0 atom stereocenters. The van der Waals surface area contributed by atoms with Gasteiger partial charge in [0.05, 0.1) is 11.4 Å². The molecule has 0 spiro atoms. The molecule has 0 saturated heterocycles. The molecule has 0 aliphatic rings. The molecule has 0 aliphatic carbocycles. The number of para-hydroxylation sites is 1. The first kappa shape index (κ1) is 21.4. The number of amides is 1. The molecule has 152 valence electrons. The fourth-order valence-electron chi connectivity index (χ4n) is 2.91. The first-order chi connectivity index (χ1) is 14.7. The Bertz CT molecular complexity index is 1060. The van der Waals surface area contributed by atoms with Crippen LogP contribution < -0.4 is 5.32 Å². The van der Waals surface area contributed by atoms with Crippen molar-refractivity contribution in [3.05, 3.63) is 71.9 Å². The van der Waals surface area contributed by atoms with Crippen molar-refractivity contribution in [2.45, 2.75) is 24.7 Å². The average molecular weight is 417 g/mol. The summed E-state index contributed by atoms with van der Waals surface area (Å²) >= 11 is 1.84. The molecule has 1 heterocycles. The number of benzene rings is 2. The first-order valence-corrected chi connectivity index (χ1v) is 10.9. The minimum Gasteiger partial charge on any atom is -0.354 e. The molecule has 30 heavy (non-hydrogen) atoms. The topological polar surface area (TPSA) is 70.7 Å². The van der Waals surface area contributed by atoms with Gasteiger partial charge in [0.15, 0.2) is 0 Å². The second-order valence-corrected chi connectivity index (χ2v) is 7.86. The summed E-state index contributed by atoms with van der Waals surface area (Å²) in [7, 11) is 1.51. The van der Waals surface area contributed by atoms with E-state index in [0.717, 1.165) is 22.7 Å². The van der Waals surface area contributed by atoms with Crippen molar-refractivity contribution in [2.24, 2.45) is 0 Å². The molecule has 5 nitrogen and oxygen atoms in total. The molecule has 0 unspecified atom stereocenters. The molecule has 1 N–H and O–H groups in total. The van der Waals surface area contributed by atoms with Crippen molar-refractivity contribution >= 4 is 23.7 Å². The predicted molar refractivity (Wildman–Crippen MR) is 122 cm³/mol. The molecule has 0 saturated carbocycles. The minimum absolute atomic E-state index is 0.0399. The van der Waals surface area contributed by atoms with E-state index < -0.39 is 5.91 Å². The van der Waals surface area contributed by atoms with E-state index in [2.05, 4.69) is 24.4 Å². The maximum atomic E-state index is 12.0. The van der Waals surface area contributed by atoms with E-state index in [9.17, 15) is 10.1 Å². The highest BCUT2D eigenvalue weighted by molar-refractivity contribution is 7.99. The molecule has 3 rings (SSSR count). The zero-order valence-electron chi connectivity index (χ0n) is 17.1. The number of aromatic nitrogens is 2. The van der Waals surface area contributed by atoms with Gasteiger partial charge in [-0.3, -0.25) is 4.79 Å². The summed E-state index contributed by atoms with van der Waals surface area (Å²) in [6, 6.07) is 20.0. The van der Waals surface area contributed by atoms with Crippen molar-refractivity contribution in [3.63, 3.8) is 0 Å².